The van der Waals surface area contributed by atoms with Crippen molar-refractivity contribution in [1.29, 1.82) is 0 Å². The van der Waals surface area contributed by atoms with E-state index >= 15 is 0 Å². The molecule has 0 aliphatic heterocycles. The Hall–Kier alpha value is -1.56. The number of carbonyl (C=O) groups excluding carboxylic acids is 2. The molecular weight excluding hydrogens is 624 g/mol. The Morgan fingerprint density at radius 1 is 1.06 bits per heavy atom. The van der Waals surface area contributed by atoms with E-state index in [2.05, 4.69) is 27.9 Å². The molecule has 2 amide bonds. The molecular formula is C24H30Cl2IN3O4S. The van der Waals surface area contributed by atoms with Gasteiger partial charge in [-0.15, -0.1) is 0 Å². The van der Waals surface area contributed by atoms with E-state index in [1.807, 2.05) is 20.8 Å². The standard InChI is InChI=1S/C24H30Cl2IN3O4S/c1-6-21(23(32)28-24(2,3)4)29(14-16-7-12-19(25)20(26)13-16)22(31)15-30(35(5,33)34)18-10-8-17(27)9-11-18/h7-13,21H,6,14-15H2,1-5H3,(H,28,32). The van der Waals surface area contributed by atoms with Gasteiger partial charge in [0.2, 0.25) is 21.8 Å². The fraction of sp³-hybridized carbons (Fsp3) is 0.417. The van der Waals surface area contributed by atoms with Crippen LogP contribution in [0.25, 0.3) is 0 Å². The Kier molecular flexibility index (Phi) is 10.3. The Morgan fingerprint density at radius 3 is 2.14 bits per heavy atom. The van der Waals surface area contributed by atoms with Crippen LogP contribution in [0.15, 0.2) is 42.5 Å². The lowest BCUT2D eigenvalue weighted by Gasteiger charge is -2.34. The normalized spacial score (nSPS) is 12.7. The molecule has 0 bridgehead atoms. The molecule has 7 nitrogen and oxygen atoms in total. The van der Waals surface area contributed by atoms with Crippen LogP contribution in [0.3, 0.4) is 0 Å². The van der Waals surface area contributed by atoms with E-state index in [0.29, 0.717) is 27.7 Å². The summed E-state index contributed by atoms with van der Waals surface area (Å²) >= 11 is 14.3. The van der Waals surface area contributed by atoms with Crippen molar-refractivity contribution in [1.82, 2.24) is 10.2 Å². The number of nitrogens with zero attached hydrogens (tertiary/aromatic N) is 2. The lowest BCUT2D eigenvalue weighted by atomic mass is 10.1. The molecule has 0 heterocycles. The van der Waals surface area contributed by atoms with Crippen LogP contribution < -0.4 is 9.62 Å². The molecule has 2 aromatic rings. The molecule has 1 unspecified atom stereocenters. The summed E-state index contributed by atoms with van der Waals surface area (Å²) in [5.74, 6) is -0.843. The third-order valence-electron chi connectivity index (χ3n) is 5.01. The third kappa shape index (κ3) is 8.80. The van der Waals surface area contributed by atoms with Crippen LogP contribution in [0.1, 0.15) is 39.7 Å². The minimum atomic E-state index is -3.78. The van der Waals surface area contributed by atoms with E-state index in [1.54, 1.807) is 49.4 Å². The number of anilines is 1. The fourth-order valence-corrected chi connectivity index (χ4v) is 4.96. The average Bonchev–Trinajstić information content (AvgIpc) is 2.73. The first kappa shape index (κ1) is 29.7. The summed E-state index contributed by atoms with van der Waals surface area (Å²) in [5, 5.41) is 3.61. The number of rotatable bonds is 9. The van der Waals surface area contributed by atoms with Crippen molar-refractivity contribution < 1.29 is 18.0 Å². The predicted octanol–water partition coefficient (Wildman–Crippen LogP) is 5.09. The van der Waals surface area contributed by atoms with Crippen molar-refractivity contribution in [3.05, 3.63) is 61.6 Å². The Bertz CT molecular complexity index is 1170. The van der Waals surface area contributed by atoms with Crippen molar-refractivity contribution in [3.8, 4) is 0 Å². The highest BCUT2D eigenvalue weighted by Crippen LogP contribution is 2.25. The first-order chi connectivity index (χ1) is 16.1. The van der Waals surface area contributed by atoms with Gasteiger partial charge in [0.25, 0.3) is 0 Å². The number of carbonyl (C=O) groups is 2. The number of hydrogen-bond acceptors (Lipinski definition) is 4. The summed E-state index contributed by atoms with van der Waals surface area (Å²) in [7, 11) is -3.78. The van der Waals surface area contributed by atoms with Crippen LogP contribution in [0.5, 0.6) is 0 Å². The molecule has 0 aliphatic rings. The lowest BCUT2D eigenvalue weighted by molar-refractivity contribution is -0.141. The first-order valence-electron chi connectivity index (χ1n) is 10.9. The summed E-state index contributed by atoms with van der Waals surface area (Å²) in [4.78, 5) is 28.2. The van der Waals surface area contributed by atoms with Gasteiger partial charge in [0.1, 0.15) is 12.6 Å². The molecule has 35 heavy (non-hydrogen) atoms. The summed E-state index contributed by atoms with van der Waals surface area (Å²) in [6.07, 6.45) is 1.38. The Balaban J connectivity index is 2.47. The monoisotopic (exact) mass is 653 g/mol. The second-order valence-corrected chi connectivity index (χ2v) is 13.1. The van der Waals surface area contributed by atoms with Gasteiger partial charge in [-0.2, -0.15) is 0 Å². The molecule has 11 heteroatoms. The van der Waals surface area contributed by atoms with Crippen molar-refractivity contribution in [2.45, 2.75) is 52.2 Å². The summed E-state index contributed by atoms with van der Waals surface area (Å²) in [6, 6.07) is 10.9. The highest BCUT2D eigenvalue weighted by Gasteiger charge is 2.33. The lowest BCUT2D eigenvalue weighted by Crippen LogP contribution is -2.55. The zero-order chi connectivity index (χ0) is 26.6. The van der Waals surface area contributed by atoms with E-state index in [0.717, 1.165) is 14.1 Å². The number of hydrogen-bond donors (Lipinski definition) is 1. The highest BCUT2D eigenvalue weighted by molar-refractivity contribution is 14.1. The first-order valence-corrected chi connectivity index (χ1v) is 14.6. The van der Waals surface area contributed by atoms with E-state index in [4.69, 9.17) is 23.2 Å². The minimum absolute atomic E-state index is 0.0517. The summed E-state index contributed by atoms with van der Waals surface area (Å²) < 4.78 is 27.2. The molecule has 0 radical (unpaired) electrons. The molecule has 1 N–H and O–H groups in total. The topological polar surface area (TPSA) is 86.8 Å². The van der Waals surface area contributed by atoms with Crippen molar-refractivity contribution in [3.63, 3.8) is 0 Å². The Morgan fingerprint density at radius 2 is 1.66 bits per heavy atom. The molecule has 1 atom stereocenters. The summed E-state index contributed by atoms with van der Waals surface area (Å²) in [5.41, 5.74) is 0.515. The Labute approximate surface area is 231 Å². The van der Waals surface area contributed by atoms with Crippen LogP contribution >= 0.6 is 45.8 Å². The van der Waals surface area contributed by atoms with Gasteiger partial charge in [0.15, 0.2) is 0 Å². The molecule has 0 saturated heterocycles. The second-order valence-electron chi connectivity index (χ2n) is 9.18. The average molecular weight is 654 g/mol. The maximum absolute atomic E-state index is 13.6. The molecule has 0 aliphatic carbocycles. The zero-order valence-electron chi connectivity index (χ0n) is 20.3. The molecule has 0 fully saturated rings. The van der Waals surface area contributed by atoms with Gasteiger partial charge in [-0.1, -0.05) is 36.2 Å². The second kappa shape index (κ2) is 12.1. The van der Waals surface area contributed by atoms with Gasteiger partial charge in [-0.05, 0) is 91.7 Å². The van der Waals surface area contributed by atoms with Crippen LogP contribution in [0.2, 0.25) is 10.0 Å². The van der Waals surface area contributed by atoms with Crippen molar-refractivity contribution >= 4 is 73.3 Å². The van der Waals surface area contributed by atoms with E-state index < -0.39 is 34.1 Å². The number of benzene rings is 2. The van der Waals surface area contributed by atoms with Crippen LogP contribution in [-0.2, 0) is 26.2 Å². The largest absolute Gasteiger partial charge is 0.350 e. The zero-order valence-corrected chi connectivity index (χ0v) is 24.8. The van der Waals surface area contributed by atoms with Crippen molar-refractivity contribution in [2.24, 2.45) is 0 Å². The fourth-order valence-electron chi connectivity index (χ4n) is 3.43. The number of nitrogens with one attached hydrogen (secondary N) is 1. The maximum atomic E-state index is 13.6. The number of sulfonamides is 1. The minimum Gasteiger partial charge on any atom is -0.350 e. The van der Waals surface area contributed by atoms with Gasteiger partial charge in [-0.25, -0.2) is 8.42 Å². The van der Waals surface area contributed by atoms with Gasteiger partial charge < -0.3 is 10.2 Å². The molecule has 0 spiro atoms. The highest BCUT2D eigenvalue weighted by atomic mass is 127. The molecule has 192 valence electrons. The van der Waals surface area contributed by atoms with Crippen LogP contribution in [0, 0.1) is 3.57 Å². The van der Waals surface area contributed by atoms with Gasteiger partial charge in [-0.3, -0.25) is 13.9 Å². The molecule has 2 rings (SSSR count). The van der Waals surface area contributed by atoms with Gasteiger partial charge >= 0.3 is 0 Å². The summed E-state index contributed by atoms with van der Waals surface area (Å²) in [6.45, 7) is 6.95. The van der Waals surface area contributed by atoms with Gasteiger partial charge in [0, 0.05) is 15.7 Å². The maximum Gasteiger partial charge on any atom is 0.244 e. The van der Waals surface area contributed by atoms with E-state index in [9.17, 15) is 18.0 Å². The van der Waals surface area contributed by atoms with Crippen LogP contribution in [0.4, 0.5) is 5.69 Å². The number of halogens is 3. The SMILES string of the molecule is CCC(C(=O)NC(C)(C)C)N(Cc1ccc(Cl)c(Cl)c1)C(=O)CN(c1ccc(I)cc1)S(C)(=O)=O. The van der Waals surface area contributed by atoms with Crippen molar-refractivity contribution in [2.75, 3.05) is 17.1 Å². The molecule has 2 aromatic carbocycles. The van der Waals surface area contributed by atoms with E-state index in [1.165, 1.54) is 4.90 Å². The quantitative estimate of drug-likeness (QED) is 0.382. The third-order valence-corrected chi connectivity index (χ3v) is 7.61. The molecule has 0 aromatic heterocycles. The van der Waals surface area contributed by atoms with Gasteiger partial charge in [0.05, 0.1) is 22.0 Å². The molecule has 0 saturated carbocycles. The smallest absolute Gasteiger partial charge is 0.244 e. The number of amides is 2. The van der Waals surface area contributed by atoms with Crippen LogP contribution in [-0.4, -0.2) is 49.5 Å². The predicted molar refractivity (Wildman–Crippen MR) is 150 cm³/mol. The van der Waals surface area contributed by atoms with E-state index in [-0.39, 0.29) is 12.5 Å².